The first-order chi connectivity index (χ1) is 11.5. The largest absolute Gasteiger partial charge is 0.493 e. The molecule has 1 aliphatic heterocycles. The summed E-state index contributed by atoms with van der Waals surface area (Å²) in [6.45, 7) is 5.25. The van der Waals surface area contributed by atoms with Crippen molar-refractivity contribution in [3.05, 3.63) is 47.7 Å². The molecule has 0 saturated carbocycles. The molecule has 0 fully saturated rings. The van der Waals surface area contributed by atoms with Gasteiger partial charge in [0.15, 0.2) is 11.5 Å². The monoisotopic (exact) mass is 332 g/mol. The molecule has 128 valence electrons. The molecule has 2 amide bonds. The molecule has 1 heterocycles. The van der Waals surface area contributed by atoms with Gasteiger partial charge in [-0.3, -0.25) is 0 Å². The third-order valence-electron chi connectivity index (χ3n) is 3.56. The van der Waals surface area contributed by atoms with E-state index < -0.39 is 18.0 Å². The molecular weight excluding hydrogens is 312 g/mol. The molecule has 7 nitrogen and oxygen atoms in total. The van der Waals surface area contributed by atoms with Crippen LogP contribution in [-0.4, -0.2) is 32.8 Å². The standard InChI is InChI=1S/C17H20N2O5/c1-5-8-24-16(20)14-10(2)18-17(21)19-15(14)11-6-7-12(22-3)13(9-11)23-4/h5-7,9,15H,1,8H2,2-4H3,(H2,18,19,21). The number of methoxy groups -OCH3 is 2. The van der Waals surface area contributed by atoms with Crippen molar-refractivity contribution < 1.29 is 23.8 Å². The zero-order chi connectivity index (χ0) is 17.7. The molecule has 2 N–H and O–H groups in total. The van der Waals surface area contributed by atoms with Crippen LogP contribution >= 0.6 is 0 Å². The van der Waals surface area contributed by atoms with Crippen LogP contribution in [0.3, 0.4) is 0 Å². The molecule has 24 heavy (non-hydrogen) atoms. The molecule has 1 aromatic carbocycles. The molecule has 1 atom stereocenters. The number of allylic oxidation sites excluding steroid dienone is 1. The topological polar surface area (TPSA) is 85.9 Å². The summed E-state index contributed by atoms with van der Waals surface area (Å²) < 4.78 is 15.6. The second-order valence-corrected chi connectivity index (χ2v) is 5.07. The van der Waals surface area contributed by atoms with Crippen LogP contribution in [0.1, 0.15) is 18.5 Å². The molecule has 2 rings (SSSR count). The molecular formula is C17H20N2O5. The number of rotatable bonds is 6. The first-order valence-electron chi connectivity index (χ1n) is 7.30. The Hall–Kier alpha value is -2.96. The number of hydrogen-bond donors (Lipinski definition) is 2. The number of ether oxygens (including phenoxy) is 3. The third-order valence-corrected chi connectivity index (χ3v) is 3.56. The van der Waals surface area contributed by atoms with Gasteiger partial charge in [-0.05, 0) is 24.6 Å². The summed E-state index contributed by atoms with van der Waals surface area (Å²) >= 11 is 0. The van der Waals surface area contributed by atoms with Gasteiger partial charge in [-0.2, -0.15) is 0 Å². The molecule has 1 aliphatic rings. The lowest BCUT2D eigenvalue weighted by molar-refractivity contribution is -0.138. The van der Waals surface area contributed by atoms with Gasteiger partial charge in [-0.15, -0.1) is 0 Å². The Labute approximate surface area is 140 Å². The van der Waals surface area contributed by atoms with Gasteiger partial charge in [0.1, 0.15) is 6.61 Å². The Kier molecular flexibility index (Phi) is 5.47. The minimum atomic E-state index is -0.657. The van der Waals surface area contributed by atoms with Crippen molar-refractivity contribution in [3.63, 3.8) is 0 Å². The maximum absolute atomic E-state index is 12.4. The van der Waals surface area contributed by atoms with Gasteiger partial charge < -0.3 is 24.8 Å². The molecule has 7 heteroatoms. The van der Waals surface area contributed by atoms with Crippen molar-refractivity contribution in [1.29, 1.82) is 0 Å². The number of carbonyl (C=O) groups is 2. The number of nitrogens with one attached hydrogen (secondary N) is 2. The first kappa shape index (κ1) is 17.4. The number of amides is 2. The van der Waals surface area contributed by atoms with Crippen molar-refractivity contribution in [2.75, 3.05) is 20.8 Å². The normalized spacial score (nSPS) is 16.8. The highest BCUT2D eigenvalue weighted by Gasteiger charge is 2.32. The number of benzene rings is 1. The van der Waals surface area contributed by atoms with Crippen molar-refractivity contribution in [2.24, 2.45) is 0 Å². The van der Waals surface area contributed by atoms with Gasteiger partial charge in [0, 0.05) is 5.70 Å². The maximum Gasteiger partial charge on any atom is 0.338 e. The fraction of sp³-hybridized carbons (Fsp3) is 0.294. The van der Waals surface area contributed by atoms with E-state index in [0.717, 1.165) is 0 Å². The van der Waals surface area contributed by atoms with E-state index in [4.69, 9.17) is 14.2 Å². The summed E-state index contributed by atoms with van der Waals surface area (Å²) in [6.07, 6.45) is 1.48. The highest BCUT2D eigenvalue weighted by molar-refractivity contribution is 5.95. The molecule has 0 aliphatic carbocycles. The van der Waals surface area contributed by atoms with Gasteiger partial charge in [0.25, 0.3) is 0 Å². The summed E-state index contributed by atoms with van der Waals surface area (Å²) in [5.74, 6) is 0.525. The van der Waals surface area contributed by atoms with Crippen LogP contribution in [-0.2, 0) is 9.53 Å². The van der Waals surface area contributed by atoms with Crippen LogP contribution in [0.2, 0.25) is 0 Å². The number of carbonyl (C=O) groups excluding carboxylic acids is 2. The summed E-state index contributed by atoms with van der Waals surface area (Å²) in [6, 6.07) is 4.13. The fourth-order valence-corrected chi connectivity index (χ4v) is 2.46. The Morgan fingerprint density at radius 1 is 1.29 bits per heavy atom. The molecule has 1 unspecified atom stereocenters. The highest BCUT2D eigenvalue weighted by Crippen LogP contribution is 2.34. The van der Waals surface area contributed by atoms with E-state index in [-0.39, 0.29) is 6.61 Å². The number of esters is 1. The first-order valence-corrected chi connectivity index (χ1v) is 7.30. The SMILES string of the molecule is C=CCOC(=O)C1=C(C)NC(=O)NC1c1ccc(OC)c(OC)c1. The minimum Gasteiger partial charge on any atom is -0.493 e. The lowest BCUT2D eigenvalue weighted by Crippen LogP contribution is -2.45. The molecule has 0 radical (unpaired) electrons. The van der Waals surface area contributed by atoms with Crippen molar-refractivity contribution in [3.8, 4) is 11.5 Å². The van der Waals surface area contributed by atoms with Gasteiger partial charge in [-0.1, -0.05) is 18.7 Å². The van der Waals surface area contributed by atoms with E-state index in [1.165, 1.54) is 20.3 Å². The molecule has 0 bridgehead atoms. The number of hydrogen-bond acceptors (Lipinski definition) is 5. The zero-order valence-corrected chi connectivity index (χ0v) is 13.8. The second-order valence-electron chi connectivity index (χ2n) is 5.07. The van der Waals surface area contributed by atoms with E-state index in [0.29, 0.717) is 28.3 Å². The summed E-state index contributed by atoms with van der Waals surface area (Å²) in [5.41, 5.74) is 1.43. The van der Waals surface area contributed by atoms with E-state index in [1.807, 2.05) is 0 Å². The molecule has 0 spiro atoms. The Balaban J connectivity index is 2.44. The lowest BCUT2D eigenvalue weighted by atomic mass is 9.95. The quantitative estimate of drug-likeness (QED) is 0.615. The Bertz CT molecular complexity index is 696. The average Bonchev–Trinajstić information content (AvgIpc) is 2.58. The average molecular weight is 332 g/mol. The Morgan fingerprint density at radius 3 is 2.62 bits per heavy atom. The van der Waals surface area contributed by atoms with Crippen LogP contribution < -0.4 is 20.1 Å². The van der Waals surface area contributed by atoms with Crippen LogP contribution in [0.25, 0.3) is 0 Å². The van der Waals surface area contributed by atoms with E-state index in [9.17, 15) is 9.59 Å². The summed E-state index contributed by atoms with van der Waals surface area (Å²) in [7, 11) is 3.05. The predicted octanol–water partition coefficient (Wildman–Crippen LogP) is 2.06. The maximum atomic E-state index is 12.4. The van der Waals surface area contributed by atoms with Gasteiger partial charge in [0.2, 0.25) is 0 Å². The Morgan fingerprint density at radius 2 is 2.00 bits per heavy atom. The van der Waals surface area contributed by atoms with Crippen LogP contribution in [0.5, 0.6) is 11.5 Å². The third kappa shape index (κ3) is 3.51. The highest BCUT2D eigenvalue weighted by atomic mass is 16.5. The predicted molar refractivity (Wildman–Crippen MR) is 87.8 cm³/mol. The van der Waals surface area contributed by atoms with Crippen LogP contribution in [0.4, 0.5) is 4.79 Å². The number of urea groups is 1. The van der Waals surface area contributed by atoms with Gasteiger partial charge in [0.05, 0.1) is 25.8 Å². The molecule has 0 saturated heterocycles. The fourth-order valence-electron chi connectivity index (χ4n) is 2.46. The lowest BCUT2D eigenvalue weighted by Gasteiger charge is -2.28. The van der Waals surface area contributed by atoms with Gasteiger partial charge >= 0.3 is 12.0 Å². The van der Waals surface area contributed by atoms with Crippen molar-refractivity contribution in [2.45, 2.75) is 13.0 Å². The molecule has 0 aromatic heterocycles. The van der Waals surface area contributed by atoms with Crippen LogP contribution in [0.15, 0.2) is 42.1 Å². The van der Waals surface area contributed by atoms with E-state index >= 15 is 0 Å². The van der Waals surface area contributed by atoms with Crippen molar-refractivity contribution in [1.82, 2.24) is 10.6 Å². The molecule has 1 aromatic rings. The van der Waals surface area contributed by atoms with E-state index in [2.05, 4.69) is 17.2 Å². The smallest absolute Gasteiger partial charge is 0.338 e. The van der Waals surface area contributed by atoms with Crippen molar-refractivity contribution >= 4 is 12.0 Å². The minimum absolute atomic E-state index is 0.0855. The van der Waals surface area contributed by atoms with E-state index in [1.54, 1.807) is 25.1 Å². The van der Waals surface area contributed by atoms with Crippen LogP contribution in [0, 0.1) is 0 Å². The zero-order valence-electron chi connectivity index (χ0n) is 13.8. The second kappa shape index (κ2) is 7.54. The summed E-state index contributed by atoms with van der Waals surface area (Å²) in [4.78, 5) is 24.2. The summed E-state index contributed by atoms with van der Waals surface area (Å²) in [5, 5.41) is 5.31. The van der Waals surface area contributed by atoms with Gasteiger partial charge in [-0.25, -0.2) is 9.59 Å².